The number of rotatable bonds is 5. The lowest BCUT2D eigenvalue weighted by Crippen LogP contribution is -2.26. The van der Waals surface area contributed by atoms with Crippen molar-refractivity contribution in [1.29, 1.82) is 0 Å². The van der Waals surface area contributed by atoms with Gasteiger partial charge in [-0.15, -0.1) is 0 Å². The topological polar surface area (TPSA) is 24.5 Å². The van der Waals surface area contributed by atoms with E-state index < -0.39 is 0 Å². The maximum Gasteiger partial charge on any atom is 0.0653 e. The van der Waals surface area contributed by atoms with Crippen LogP contribution in [0.2, 0.25) is 0 Å². The van der Waals surface area contributed by atoms with Crippen LogP contribution in [0.15, 0.2) is 0 Å². The maximum absolute atomic E-state index is 4.91. The van der Waals surface area contributed by atoms with Crippen LogP contribution in [-0.2, 0) is 4.84 Å². The summed E-state index contributed by atoms with van der Waals surface area (Å²) in [6.07, 6.45) is 0. The number of nitrogens with zero attached hydrogens (tertiary/aromatic N) is 1. The standard InChI is InChI=1S/C6H16N2O/c1-4-9-7-5-6-8(2)3/h7H,4-6H2,1-3H3. The highest BCUT2D eigenvalue weighted by Gasteiger charge is 1.86. The summed E-state index contributed by atoms with van der Waals surface area (Å²) in [5.74, 6) is 0. The number of nitrogens with one attached hydrogen (secondary N) is 1. The van der Waals surface area contributed by atoms with Crippen molar-refractivity contribution < 1.29 is 4.84 Å². The van der Waals surface area contributed by atoms with Crippen LogP contribution in [-0.4, -0.2) is 38.7 Å². The summed E-state index contributed by atoms with van der Waals surface area (Å²) in [5.41, 5.74) is 2.82. The van der Waals surface area contributed by atoms with E-state index in [0.717, 1.165) is 19.7 Å². The Morgan fingerprint density at radius 3 is 2.56 bits per heavy atom. The molecule has 0 aromatic carbocycles. The summed E-state index contributed by atoms with van der Waals surface area (Å²) in [6.45, 7) is 4.59. The van der Waals surface area contributed by atoms with Crippen molar-refractivity contribution in [2.75, 3.05) is 33.8 Å². The predicted molar refractivity (Wildman–Crippen MR) is 38.2 cm³/mol. The quantitative estimate of drug-likeness (QED) is 0.424. The highest BCUT2D eigenvalue weighted by Crippen LogP contribution is 1.70. The molecule has 0 saturated carbocycles. The molecule has 0 saturated heterocycles. The van der Waals surface area contributed by atoms with Gasteiger partial charge in [0.1, 0.15) is 0 Å². The van der Waals surface area contributed by atoms with Crippen LogP contribution in [0, 0.1) is 0 Å². The second kappa shape index (κ2) is 6.01. The smallest absolute Gasteiger partial charge is 0.0653 e. The molecule has 1 N–H and O–H groups in total. The first kappa shape index (κ1) is 8.88. The van der Waals surface area contributed by atoms with Crippen molar-refractivity contribution >= 4 is 0 Å². The molecule has 0 amide bonds. The predicted octanol–water partition coefficient (Wildman–Crippen LogP) is 0.0891. The SMILES string of the molecule is CCONCCN(C)C. The highest BCUT2D eigenvalue weighted by molar-refractivity contribution is 4.41. The molecule has 0 bridgehead atoms. The third-order valence-corrected chi connectivity index (χ3v) is 0.907. The fourth-order valence-corrected chi connectivity index (χ4v) is 0.443. The molecular formula is C6H16N2O. The van der Waals surface area contributed by atoms with Gasteiger partial charge in [-0.05, 0) is 21.0 Å². The van der Waals surface area contributed by atoms with Crippen LogP contribution in [0.5, 0.6) is 0 Å². The van der Waals surface area contributed by atoms with Gasteiger partial charge in [-0.2, -0.15) is 0 Å². The minimum Gasteiger partial charge on any atom is -0.308 e. The van der Waals surface area contributed by atoms with E-state index in [1.165, 1.54) is 0 Å². The van der Waals surface area contributed by atoms with E-state index in [4.69, 9.17) is 4.84 Å². The van der Waals surface area contributed by atoms with Crippen molar-refractivity contribution in [3.63, 3.8) is 0 Å². The molecule has 56 valence electrons. The van der Waals surface area contributed by atoms with E-state index in [1.807, 2.05) is 21.0 Å². The van der Waals surface area contributed by atoms with E-state index in [9.17, 15) is 0 Å². The Morgan fingerprint density at radius 2 is 2.11 bits per heavy atom. The summed E-state index contributed by atoms with van der Waals surface area (Å²) in [7, 11) is 4.07. The van der Waals surface area contributed by atoms with E-state index in [-0.39, 0.29) is 0 Å². The molecule has 3 heteroatoms. The molecule has 0 radical (unpaired) electrons. The Hall–Kier alpha value is -0.120. The minimum absolute atomic E-state index is 0.730. The molecule has 0 aromatic heterocycles. The zero-order valence-electron chi connectivity index (χ0n) is 6.48. The Bertz CT molecular complexity index is 57.0. The molecule has 0 heterocycles. The zero-order chi connectivity index (χ0) is 7.11. The molecule has 0 rings (SSSR count). The van der Waals surface area contributed by atoms with Crippen LogP contribution < -0.4 is 5.48 Å². The highest BCUT2D eigenvalue weighted by atomic mass is 16.6. The van der Waals surface area contributed by atoms with E-state index in [1.54, 1.807) is 0 Å². The molecule has 0 aliphatic carbocycles. The Morgan fingerprint density at radius 1 is 1.44 bits per heavy atom. The van der Waals surface area contributed by atoms with Crippen molar-refractivity contribution in [1.82, 2.24) is 10.4 Å². The summed E-state index contributed by atoms with van der Waals surface area (Å²) in [5, 5.41) is 0. The van der Waals surface area contributed by atoms with Gasteiger partial charge in [0.05, 0.1) is 6.61 Å². The summed E-state index contributed by atoms with van der Waals surface area (Å²) in [6, 6.07) is 0. The molecule has 0 spiro atoms. The number of hydroxylamine groups is 1. The fourth-order valence-electron chi connectivity index (χ4n) is 0.443. The first-order valence-electron chi connectivity index (χ1n) is 3.26. The Kier molecular flexibility index (Phi) is 5.93. The van der Waals surface area contributed by atoms with Gasteiger partial charge in [0.2, 0.25) is 0 Å². The van der Waals surface area contributed by atoms with Crippen molar-refractivity contribution in [2.45, 2.75) is 6.92 Å². The molecule has 0 unspecified atom stereocenters. The van der Waals surface area contributed by atoms with Gasteiger partial charge in [0, 0.05) is 13.1 Å². The lowest BCUT2D eigenvalue weighted by Gasteiger charge is -2.08. The molecule has 0 atom stereocenters. The second-order valence-electron chi connectivity index (χ2n) is 2.13. The van der Waals surface area contributed by atoms with Crippen LogP contribution in [0.25, 0.3) is 0 Å². The van der Waals surface area contributed by atoms with E-state index in [2.05, 4.69) is 10.4 Å². The summed E-state index contributed by atoms with van der Waals surface area (Å²) in [4.78, 5) is 7.01. The van der Waals surface area contributed by atoms with Gasteiger partial charge < -0.3 is 9.74 Å². The van der Waals surface area contributed by atoms with Crippen LogP contribution in [0.1, 0.15) is 6.92 Å². The molecule has 0 aliphatic rings. The third-order valence-electron chi connectivity index (χ3n) is 0.907. The first-order valence-corrected chi connectivity index (χ1v) is 3.26. The van der Waals surface area contributed by atoms with E-state index in [0.29, 0.717) is 0 Å². The Labute approximate surface area is 56.9 Å². The van der Waals surface area contributed by atoms with Gasteiger partial charge in [-0.1, -0.05) is 0 Å². The monoisotopic (exact) mass is 132 g/mol. The molecule has 3 nitrogen and oxygen atoms in total. The molecule has 0 aromatic rings. The van der Waals surface area contributed by atoms with Gasteiger partial charge in [-0.3, -0.25) is 0 Å². The molecular weight excluding hydrogens is 116 g/mol. The second-order valence-corrected chi connectivity index (χ2v) is 2.13. The average Bonchev–Trinajstić information content (AvgIpc) is 1.80. The number of hydrogen-bond donors (Lipinski definition) is 1. The molecule has 9 heavy (non-hydrogen) atoms. The molecule has 0 fully saturated rings. The average molecular weight is 132 g/mol. The van der Waals surface area contributed by atoms with Crippen molar-refractivity contribution in [3.8, 4) is 0 Å². The van der Waals surface area contributed by atoms with Gasteiger partial charge in [0.15, 0.2) is 0 Å². The lowest BCUT2D eigenvalue weighted by atomic mass is 10.6. The zero-order valence-corrected chi connectivity index (χ0v) is 6.48. The van der Waals surface area contributed by atoms with Crippen LogP contribution >= 0.6 is 0 Å². The minimum atomic E-state index is 0.730. The van der Waals surface area contributed by atoms with Crippen molar-refractivity contribution in [3.05, 3.63) is 0 Å². The summed E-state index contributed by atoms with van der Waals surface area (Å²) < 4.78 is 0. The lowest BCUT2D eigenvalue weighted by molar-refractivity contribution is 0.0476. The maximum atomic E-state index is 4.91. The van der Waals surface area contributed by atoms with Crippen LogP contribution in [0.4, 0.5) is 0 Å². The van der Waals surface area contributed by atoms with Crippen LogP contribution in [0.3, 0.4) is 0 Å². The molecule has 0 aliphatic heterocycles. The first-order chi connectivity index (χ1) is 4.27. The van der Waals surface area contributed by atoms with Gasteiger partial charge in [-0.25, -0.2) is 5.48 Å². The normalized spacial score (nSPS) is 10.7. The number of hydrogen-bond acceptors (Lipinski definition) is 3. The van der Waals surface area contributed by atoms with Gasteiger partial charge >= 0.3 is 0 Å². The van der Waals surface area contributed by atoms with Crippen molar-refractivity contribution in [2.24, 2.45) is 0 Å². The van der Waals surface area contributed by atoms with Gasteiger partial charge in [0.25, 0.3) is 0 Å². The Balaban J connectivity index is 2.75. The number of likely N-dealkylation sites (N-methyl/N-ethyl adjacent to an activating group) is 1. The van der Waals surface area contributed by atoms with E-state index >= 15 is 0 Å². The fraction of sp³-hybridized carbons (Fsp3) is 1.00. The summed E-state index contributed by atoms with van der Waals surface area (Å²) >= 11 is 0. The third kappa shape index (κ3) is 7.88. The largest absolute Gasteiger partial charge is 0.308 e.